The Kier molecular flexibility index (Phi) is 3.77. The third-order valence-corrected chi connectivity index (χ3v) is 1.73. The van der Waals surface area contributed by atoms with Gasteiger partial charge in [-0.05, 0) is 12.5 Å². The average Bonchev–Trinajstić information content (AvgIpc) is 2.15. The lowest BCUT2D eigenvalue weighted by molar-refractivity contribution is -0.144. The number of halogens is 1. The van der Waals surface area contributed by atoms with E-state index in [0.717, 1.165) is 5.56 Å². The molecule has 2 nitrogen and oxygen atoms in total. The molecule has 0 fully saturated rings. The molecule has 0 bridgehead atoms. The number of rotatable bonds is 3. The Balaban J connectivity index is 2.40. The summed E-state index contributed by atoms with van der Waals surface area (Å²) in [4.78, 5) is 11.0. The summed E-state index contributed by atoms with van der Waals surface area (Å²) in [7, 11) is 0. The molecule has 1 aromatic rings. The van der Waals surface area contributed by atoms with Gasteiger partial charge in [-0.2, -0.15) is 0 Å². The lowest BCUT2D eigenvalue weighted by Crippen LogP contribution is -2.13. The summed E-state index contributed by atoms with van der Waals surface area (Å²) in [6, 6.07) is 9.49. The topological polar surface area (TPSA) is 26.3 Å². The summed E-state index contributed by atoms with van der Waals surface area (Å²) in [6.07, 6.45) is 0. The van der Waals surface area contributed by atoms with Gasteiger partial charge in [0.15, 0.2) is 0 Å². The molecule has 70 valence electrons. The van der Waals surface area contributed by atoms with Gasteiger partial charge in [0.2, 0.25) is 0 Å². The molecule has 1 rings (SSSR count). The minimum atomic E-state index is -0.580. The quantitative estimate of drug-likeness (QED) is 0.551. The molecule has 0 saturated heterocycles. The van der Waals surface area contributed by atoms with Crippen LogP contribution in [0.1, 0.15) is 12.5 Å². The second-order valence-corrected chi connectivity index (χ2v) is 3.36. The highest BCUT2D eigenvalue weighted by molar-refractivity contribution is 6.29. The SMILES string of the molecule is CC(Cl)C(=O)OCc1ccccc1. The van der Waals surface area contributed by atoms with Gasteiger partial charge in [0.1, 0.15) is 12.0 Å². The van der Waals surface area contributed by atoms with Crippen molar-refractivity contribution in [2.24, 2.45) is 0 Å². The zero-order chi connectivity index (χ0) is 9.68. The molecule has 0 aliphatic heterocycles. The van der Waals surface area contributed by atoms with Gasteiger partial charge in [-0.1, -0.05) is 30.3 Å². The molecule has 3 heteroatoms. The van der Waals surface area contributed by atoms with Crippen LogP contribution in [0.2, 0.25) is 0 Å². The highest BCUT2D eigenvalue weighted by Gasteiger charge is 2.09. The predicted octanol–water partition coefficient (Wildman–Crippen LogP) is 2.36. The van der Waals surface area contributed by atoms with Crippen molar-refractivity contribution in [3.8, 4) is 0 Å². The Morgan fingerprint density at radius 2 is 2.08 bits per heavy atom. The highest BCUT2D eigenvalue weighted by Crippen LogP contribution is 2.03. The molecule has 1 unspecified atom stereocenters. The lowest BCUT2D eigenvalue weighted by Gasteiger charge is -2.05. The fourth-order valence-electron chi connectivity index (χ4n) is 0.844. The summed E-state index contributed by atoms with van der Waals surface area (Å²) >= 11 is 5.52. The van der Waals surface area contributed by atoms with Crippen LogP contribution >= 0.6 is 11.6 Å². The first-order valence-corrected chi connectivity index (χ1v) is 4.48. The summed E-state index contributed by atoms with van der Waals surface area (Å²) in [5.74, 6) is -0.384. The summed E-state index contributed by atoms with van der Waals surface area (Å²) in [5, 5.41) is -0.580. The van der Waals surface area contributed by atoms with Gasteiger partial charge >= 0.3 is 5.97 Å². The van der Waals surface area contributed by atoms with Crippen LogP contribution in [0.5, 0.6) is 0 Å². The minimum absolute atomic E-state index is 0.288. The van der Waals surface area contributed by atoms with Crippen LogP contribution < -0.4 is 0 Å². The van der Waals surface area contributed by atoms with Crippen LogP contribution in [0.4, 0.5) is 0 Å². The van der Waals surface area contributed by atoms with E-state index in [4.69, 9.17) is 16.3 Å². The average molecular weight is 199 g/mol. The van der Waals surface area contributed by atoms with E-state index in [2.05, 4.69) is 0 Å². The second kappa shape index (κ2) is 4.87. The van der Waals surface area contributed by atoms with E-state index in [-0.39, 0.29) is 12.6 Å². The van der Waals surface area contributed by atoms with Crippen molar-refractivity contribution in [3.63, 3.8) is 0 Å². The van der Waals surface area contributed by atoms with Gasteiger partial charge in [0.05, 0.1) is 0 Å². The summed E-state index contributed by atoms with van der Waals surface area (Å²) < 4.78 is 4.92. The predicted molar refractivity (Wildman–Crippen MR) is 51.6 cm³/mol. The molecule has 0 radical (unpaired) electrons. The Morgan fingerprint density at radius 3 is 2.62 bits per heavy atom. The van der Waals surface area contributed by atoms with Crippen LogP contribution in [0.15, 0.2) is 30.3 Å². The number of hydrogen-bond donors (Lipinski definition) is 0. The lowest BCUT2D eigenvalue weighted by atomic mass is 10.2. The molecular formula is C10H11ClO2. The zero-order valence-electron chi connectivity index (χ0n) is 7.37. The first kappa shape index (κ1) is 10.1. The molecule has 0 N–H and O–H groups in total. The van der Waals surface area contributed by atoms with Crippen molar-refractivity contribution < 1.29 is 9.53 Å². The number of carbonyl (C=O) groups is 1. The van der Waals surface area contributed by atoms with Gasteiger partial charge in [-0.3, -0.25) is 4.79 Å². The van der Waals surface area contributed by atoms with Crippen LogP contribution in [-0.2, 0) is 16.1 Å². The summed E-state index contributed by atoms with van der Waals surface area (Å²) in [6.45, 7) is 1.88. The molecule has 0 aliphatic rings. The van der Waals surface area contributed by atoms with Crippen molar-refractivity contribution in [2.45, 2.75) is 18.9 Å². The Bertz CT molecular complexity index is 270. The van der Waals surface area contributed by atoms with Gasteiger partial charge < -0.3 is 4.74 Å². The molecule has 0 spiro atoms. The fourth-order valence-corrected chi connectivity index (χ4v) is 0.907. The number of ether oxygens (including phenoxy) is 1. The van der Waals surface area contributed by atoms with Crippen LogP contribution in [0.3, 0.4) is 0 Å². The largest absolute Gasteiger partial charge is 0.460 e. The molecule has 1 atom stereocenters. The molecule has 1 aromatic carbocycles. The van der Waals surface area contributed by atoms with Gasteiger partial charge in [-0.25, -0.2) is 0 Å². The van der Waals surface area contributed by atoms with E-state index < -0.39 is 5.38 Å². The first-order chi connectivity index (χ1) is 6.20. The van der Waals surface area contributed by atoms with Crippen molar-refractivity contribution in [1.82, 2.24) is 0 Å². The van der Waals surface area contributed by atoms with E-state index in [0.29, 0.717) is 0 Å². The molecule has 13 heavy (non-hydrogen) atoms. The van der Waals surface area contributed by atoms with E-state index in [1.807, 2.05) is 30.3 Å². The number of esters is 1. The maximum atomic E-state index is 11.0. The Morgan fingerprint density at radius 1 is 1.46 bits per heavy atom. The molecule has 0 aromatic heterocycles. The fraction of sp³-hybridized carbons (Fsp3) is 0.300. The summed E-state index contributed by atoms with van der Waals surface area (Å²) in [5.41, 5.74) is 0.966. The normalized spacial score (nSPS) is 12.2. The maximum absolute atomic E-state index is 11.0. The number of hydrogen-bond acceptors (Lipinski definition) is 2. The smallest absolute Gasteiger partial charge is 0.324 e. The Hall–Kier alpha value is -1.02. The maximum Gasteiger partial charge on any atom is 0.324 e. The number of benzene rings is 1. The number of alkyl halides is 1. The van der Waals surface area contributed by atoms with E-state index in [1.54, 1.807) is 6.92 Å². The minimum Gasteiger partial charge on any atom is -0.460 e. The molecule has 0 heterocycles. The third-order valence-electron chi connectivity index (χ3n) is 1.55. The first-order valence-electron chi connectivity index (χ1n) is 4.05. The third kappa shape index (κ3) is 3.47. The van der Waals surface area contributed by atoms with E-state index in [9.17, 15) is 4.79 Å². The van der Waals surface area contributed by atoms with Crippen LogP contribution in [0, 0.1) is 0 Å². The second-order valence-electron chi connectivity index (χ2n) is 2.71. The molecular weight excluding hydrogens is 188 g/mol. The molecule has 0 aliphatic carbocycles. The molecule has 0 amide bonds. The van der Waals surface area contributed by atoms with Crippen LogP contribution in [0.25, 0.3) is 0 Å². The van der Waals surface area contributed by atoms with Crippen LogP contribution in [-0.4, -0.2) is 11.3 Å². The van der Waals surface area contributed by atoms with E-state index in [1.165, 1.54) is 0 Å². The highest BCUT2D eigenvalue weighted by atomic mass is 35.5. The van der Waals surface area contributed by atoms with E-state index >= 15 is 0 Å². The monoisotopic (exact) mass is 198 g/mol. The standard InChI is InChI=1S/C10H11ClO2/c1-8(11)10(12)13-7-9-5-3-2-4-6-9/h2-6,8H,7H2,1H3. The number of carbonyl (C=O) groups excluding carboxylic acids is 1. The van der Waals surface area contributed by atoms with Crippen molar-refractivity contribution in [3.05, 3.63) is 35.9 Å². The van der Waals surface area contributed by atoms with Crippen molar-refractivity contribution in [1.29, 1.82) is 0 Å². The Labute approximate surface area is 82.5 Å². The van der Waals surface area contributed by atoms with Gasteiger partial charge in [-0.15, -0.1) is 11.6 Å². The molecule has 0 saturated carbocycles. The van der Waals surface area contributed by atoms with Crippen molar-refractivity contribution in [2.75, 3.05) is 0 Å². The van der Waals surface area contributed by atoms with Crippen molar-refractivity contribution >= 4 is 17.6 Å². The van der Waals surface area contributed by atoms with Gasteiger partial charge in [0.25, 0.3) is 0 Å². The zero-order valence-corrected chi connectivity index (χ0v) is 8.12. The van der Waals surface area contributed by atoms with Gasteiger partial charge in [0, 0.05) is 0 Å².